The van der Waals surface area contributed by atoms with E-state index >= 15 is 0 Å². The molecule has 7 rings (SSSR count). The Labute approximate surface area is 282 Å². The third-order valence-electron chi connectivity index (χ3n) is 8.78. The largest absolute Gasteiger partial charge is 0.489 e. The number of carbonyl (C=O) groups excluding carboxylic acids is 3. The zero-order valence-electron chi connectivity index (χ0n) is 25.5. The van der Waals surface area contributed by atoms with Gasteiger partial charge in [-0.25, -0.2) is 4.79 Å². The minimum absolute atomic E-state index is 0.112. The lowest BCUT2D eigenvalue weighted by molar-refractivity contribution is -0.154. The summed E-state index contributed by atoms with van der Waals surface area (Å²) in [4.78, 5) is 42.8. The molecule has 1 saturated carbocycles. The van der Waals surface area contributed by atoms with E-state index in [9.17, 15) is 14.4 Å². The molecule has 1 aliphatic carbocycles. The average Bonchev–Trinajstić information content (AvgIpc) is 3.89. The molecule has 238 valence electrons. The van der Waals surface area contributed by atoms with Gasteiger partial charge in [0.1, 0.15) is 29.5 Å². The molecule has 3 aliphatic rings. The standard InChI is InChI=1S/C38H33ClN2O5S/c39-23-26-16-18-29(19-17-26)45-24-30-33(37(44)46-34(27-12-6-2-7-13-27)28-14-8-3-9-15-28)41-35(43)32(36(41)47-38(30)20-21-38)40-31(42)22-25-10-4-1-5-11-25/h1-19,32,34,36H,20-24H2,(H,40,42)/t32-,36-/m1/s1. The van der Waals surface area contributed by atoms with Crippen molar-refractivity contribution >= 4 is 41.1 Å². The molecule has 1 saturated heterocycles. The van der Waals surface area contributed by atoms with Gasteiger partial charge in [-0.15, -0.1) is 23.4 Å². The number of alkyl halides is 1. The normalized spacial score (nSPS) is 19.2. The summed E-state index contributed by atoms with van der Waals surface area (Å²) in [6.07, 6.45) is 1.11. The second kappa shape index (κ2) is 13.3. The van der Waals surface area contributed by atoms with E-state index in [1.165, 1.54) is 4.90 Å². The molecule has 2 aliphatic heterocycles. The van der Waals surface area contributed by atoms with Crippen LogP contribution in [0.25, 0.3) is 0 Å². The minimum atomic E-state index is -0.749. The quantitative estimate of drug-likeness (QED) is 0.111. The molecule has 1 spiro atoms. The highest BCUT2D eigenvalue weighted by molar-refractivity contribution is 8.02. The first-order valence-electron chi connectivity index (χ1n) is 15.6. The average molecular weight is 665 g/mol. The van der Waals surface area contributed by atoms with Crippen molar-refractivity contribution in [2.24, 2.45) is 0 Å². The summed E-state index contributed by atoms with van der Waals surface area (Å²) in [5.41, 5.74) is 4.39. The fraction of sp³-hybridized carbons (Fsp3) is 0.237. The Morgan fingerprint density at radius 3 is 2.02 bits per heavy atom. The van der Waals surface area contributed by atoms with E-state index in [4.69, 9.17) is 21.1 Å². The number of nitrogens with zero attached hydrogens (tertiary/aromatic N) is 1. The SMILES string of the molecule is O=C(Cc1ccccc1)N[C@@H]1C(=O)N2C(C(=O)OC(c3ccccc3)c3ccccc3)=C(COc3ccc(CCl)cc3)C3(CC3)S[C@H]12. The summed E-state index contributed by atoms with van der Waals surface area (Å²) in [5.74, 6) is -0.152. The first kappa shape index (κ1) is 31.1. The number of β-lactam (4-membered cyclic amide) rings is 1. The number of rotatable bonds is 11. The van der Waals surface area contributed by atoms with Gasteiger partial charge < -0.3 is 14.8 Å². The number of ether oxygens (including phenoxy) is 2. The number of hydrogen-bond donors (Lipinski definition) is 1. The molecule has 0 unspecified atom stereocenters. The predicted octanol–water partition coefficient (Wildman–Crippen LogP) is 6.57. The number of amides is 2. The number of carbonyl (C=O) groups is 3. The van der Waals surface area contributed by atoms with Crippen LogP contribution in [0.2, 0.25) is 0 Å². The number of halogens is 1. The van der Waals surface area contributed by atoms with E-state index in [0.717, 1.165) is 40.7 Å². The summed E-state index contributed by atoms with van der Waals surface area (Å²) in [7, 11) is 0. The van der Waals surface area contributed by atoms with Crippen molar-refractivity contribution < 1.29 is 23.9 Å². The van der Waals surface area contributed by atoms with Crippen LogP contribution in [-0.2, 0) is 31.4 Å². The first-order chi connectivity index (χ1) is 23.0. The molecule has 4 aromatic carbocycles. The van der Waals surface area contributed by atoms with E-state index in [1.807, 2.05) is 115 Å². The van der Waals surface area contributed by atoms with Crippen molar-refractivity contribution in [1.29, 1.82) is 0 Å². The molecule has 2 amide bonds. The molecule has 0 aromatic heterocycles. The van der Waals surface area contributed by atoms with Gasteiger partial charge in [0.2, 0.25) is 5.91 Å². The number of nitrogens with one attached hydrogen (secondary N) is 1. The lowest BCUT2D eigenvalue weighted by Crippen LogP contribution is -2.71. The maximum Gasteiger partial charge on any atom is 0.356 e. The van der Waals surface area contributed by atoms with Crippen LogP contribution >= 0.6 is 23.4 Å². The van der Waals surface area contributed by atoms with Crippen LogP contribution in [0.5, 0.6) is 5.75 Å². The van der Waals surface area contributed by atoms with Gasteiger partial charge in [0.25, 0.3) is 5.91 Å². The van der Waals surface area contributed by atoms with Gasteiger partial charge in [-0.2, -0.15) is 0 Å². The molecule has 7 nitrogen and oxygen atoms in total. The molecule has 4 aromatic rings. The van der Waals surface area contributed by atoms with Crippen LogP contribution in [0, 0.1) is 0 Å². The molecular formula is C38H33ClN2O5S. The molecule has 47 heavy (non-hydrogen) atoms. The van der Waals surface area contributed by atoms with Gasteiger partial charge in [-0.05, 0) is 47.2 Å². The van der Waals surface area contributed by atoms with Crippen molar-refractivity contribution in [3.8, 4) is 5.75 Å². The zero-order valence-corrected chi connectivity index (χ0v) is 27.1. The van der Waals surface area contributed by atoms with Crippen molar-refractivity contribution in [3.05, 3.63) is 149 Å². The van der Waals surface area contributed by atoms with Crippen LogP contribution in [0.4, 0.5) is 0 Å². The van der Waals surface area contributed by atoms with Gasteiger partial charge in [-0.1, -0.05) is 103 Å². The van der Waals surface area contributed by atoms with Gasteiger partial charge in [0, 0.05) is 16.2 Å². The summed E-state index contributed by atoms with van der Waals surface area (Å²) in [6, 6.07) is 35.3. The third-order valence-corrected chi connectivity index (χ3v) is 10.9. The highest BCUT2D eigenvalue weighted by Crippen LogP contribution is 2.62. The van der Waals surface area contributed by atoms with Gasteiger partial charge in [-0.3, -0.25) is 14.5 Å². The Kier molecular flexibility index (Phi) is 8.80. The van der Waals surface area contributed by atoms with Gasteiger partial charge in [0.15, 0.2) is 6.10 Å². The van der Waals surface area contributed by atoms with Crippen molar-refractivity contribution in [2.45, 2.75) is 47.4 Å². The third kappa shape index (κ3) is 6.40. The summed E-state index contributed by atoms with van der Waals surface area (Å²) in [6.45, 7) is 0.112. The predicted molar refractivity (Wildman–Crippen MR) is 182 cm³/mol. The summed E-state index contributed by atoms with van der Waals surface area (Å²) >= 11 is 7.59. The molecule has 2 fully saturated rings. The number of thioether (sulfide) groups is 1. The van der Waals surface area contributed by atoms with Crippen molar-refractivity contribution in [3.63, 3.8) is 0 Å². The molecule has 2 heterocycles. The summed E-state index contributed by atoms with van der Waals surface area (Å²) < 4.78 is 12.2. The lowest BCUT2D eigenvalue weighted by atomic mass is 9.98. The van der Waals surface area contributed by atoms with Gasteiger partial charge >= 0.3 is 5.97 Å². The van der Waals surface area contributed by atoms with Crippen LogP contribution in [0.3, 0.4) is 0 Å². The molecule has 0 bridgehead atoms. The summed E-state index contributed by atoms with van der Waals surface area (Å²) in [5, 5.41) is 2.51. The molecule has 1 N–H and O–H groups in total. The second-order valence-corrected chi connectivity index (χ2v) is 13.7. The van der Waals surface area contributed by atoms with Crippen molar-refractivity contribution in [2.75, 3.05) is 6.61 Å². The molecule has 9 heteroatoms. The Morgan fingerprint density at radius 1 is 0.851 bits per heavy atom. The highest BCUT2D eigenvalue weighted by atomic mass is 35.5. The van der Waals surface area contributed by atoms with E-state index < -0.39 is 28.2 Å². The number of benzene rings is 4. The van der Waals surface area contributed by atoms with Crippen LogP contribution in [0.15, 0.2) is 127 Å². The number of fused-ring (bicyclic) bond motifs is 1. The van der Waals surface area contributed by atoms with E-state index in [0.29, 0.717) is 11.6 Å². The maximum absolute atomic E-state index is 14.4. The zero-order chi connectivity index (χ0) is 32.4. The van der Waals surface area contributed by atoms with Crippen LogP contribution < -0.4 is 10.1 Å². The number of hydrogen-bond acceptors (Lipinski definition) is 6. The van der Waals surface area contributed by atoms with Crippen LogP contribution in [0.1, 0.15) is 41.2 Å². The van der Waals surface area contributed by atoms with Crippen molar-refractivity contribution in [1.82, 2.24) is 10.2 Å². The fourth-order valence-electron chi connectivity index (χ4n) is 6.16. The van der Waals surface area contributed by atoms with Gasteiger partial charge in [0.05, 0.1) is 6.42 Å². The van der Waals surface area contributed by atoms with Crippen LogP contribution in [-0.4, -0.2) is 45.5 Å². The monoisotopic (exact) mass is 664 g/mol. The highest BCUT2D eigenvalue weighted by Gasteiger charge is 2.64. The Hall–Kier alpha value is -4.53. The molecule has 0 radical (unpaired) electrons. The molecule has 2 atom stereocenters. The topological polar surface area (TPSA) is 84.9 Å². The van der Waals surface area contributed by atoms with E-state index in [-0.39, 0.29) is 30.5 Å². The Morgan fingerprint density at radius 2 is 1.45 bits per heavy atom. The number of esters is 1. The fourth-order valence-corrected chi connectivity index (χ4v) is 8.07. The minimum Gasteiger partial charge on any atom is -0.489 e. The Balaban J connectivity index is 1.21. The second-order valence-electron chi connectivity index (χ2n) is 11.9. The first-order valence-corrected chi connectivity index (χ1v) is 17.0. The molecular weight excluding hydrogens is 632 g/mol. The Bertz CT molecular complexity index is 1760. The van der Waals surface area contributed by atoms with E-state index in [1.54, 1.807) is 11.8 Å². The maximum atomic E-state index is 14.4. The smallest absolute Gasteiger partial charge is 0.356 e. The lowest BCUT2D eigenvalue weighted by Gasteiger charge is -2.52. The van der Waals surface area contributed by atoms with E-state index in [2.05, 4.69) is 5.32 Å².